The van der Waals surface area contributed by atoms with E-state index in [0.717, 1.165) is 37.4 Å². The lowest BCUT2D eigenvalue weighted by Gasteiger charge is -2.44. The number of thiophene rings is 1. The van der Waals surface area contributed by atoms with Gasteiger partial charge in [0.05, 0.1) is 16.6 Å². The molecule has 5 rings (SSSR count). The van der Waals surface area contributed by atoms with Crippen molar-refractivity contribution >= 4 is 47.1 Å². The first kappa shape index (κ1) is 20.4. The lowest BCUT2D eigenvalue weighted by Crippen LogP contribution is -2.53. The summed E-state index contributed by atoms with van der Waals surface area (Å²) in [4.78, 5) is 17.7. The summed E-state index contributed by atoms with van der Waals surface area (Å²) in [6.07, 6.45) is 1.61. The molecule has 0 unspecified atom stereocenters. The summed E-state index contributed by atoms with van der Waals surface area (Å²) in [5.74, 6) is 0.0434. The van der Waals surface area contributed by atoms with Crippen LogP contribution in [-0.4, -0.2) is 36.7 Å². The zero-order valence-electron chi connectivity index (χ0n) is 14.6. The molecular weight excluding hydrogens is 410 g/mol. The number of fused-ring (bicyclic) bond motifs is 3. The molecule has 0 N–H and O–H groups in total. The first-order valence-corrected chi connectivity index (χ1v) is 9.98. The van der Waals surface area contributed by atoms with Crippen LogP contribution in [0, 0.1) is 11.7 Å². The number of benzene rings is 1. The second-order valence-corrected chi connectivity index (χ2v) is 8.63. The fourth-order valence-electron chi connectivity index (χ4n) is 3.74. The van der Waals surface area contributed by atoms with Crippen molar-refractivity contribution in [3.63, 3.8) is 0 Å². The molecule has 0 spiro atoms. The van der Waals surface area contributed by atoms with E-state index >= 15 is 0 Å². The number of halogens is 3. The zero-order valence-corrected chi connectivity index (χ0v) is 17.0. The van der Waals surface area contributed by atoms with Crippen LogP contribution in [0.2, 0.25) is 4.34 Å². The average molecular weight is 431 g/mol. The van der Waals surface area contributed by atoms with Gasteiger partial charge in [0.25, 0.3) is 0 Å². The summed E-state index contributed by atoms with van der Waals surface area (Å²) in [6.45, 7) is 3.26. The van der Waals surface area contributed by atoms with E-state index < -0.39 is 6.09 Å². The van der Waals surface area contributed by atoms with Crippen molar-refractivity contribution in [1.82, 2.24) is 4.90 Å². The Kier molecular flexibility index (Phi) is 6.63. The Hall–Kier alpha value is -1.34. The van der Waals surface area contributed by atoms with E-state index in [1.807, 2.05) is 6.07 Å². The smallest absolute Gasteiger partial charge is 0.414 e. The van der Waals surface area contributed by atoms with Gasteiger partial charge in [0.1, 0.15) is 11.9 Å². The number of piperidine rings is 3. The quantitative estimate of drug-likeness (QED) is 0.667. The SMILES string of the molecule is Cl.O=C(O[C@H]1CN2CCC1CC2)N(Cc1ccc(Cl)s1)c1cccc(F)c1. The first-order chi connectivity index (χ1) is 12.6. The summed E-state index contributed by atoms with van der Waals surface area (Å²) in [5, 5.41) is 0. The van der Waals surface area contributed by atoms with Crippen molar-refractivity contribution in [2.75, 3.05) is 24.5 Å². The largest absolute Gasteiger partial charge is 0.444 e. The van der Waals surface area contributed by atoms with E-state index in [1.165, 1.54) is 28.4 Å². The summed E-state index contributed by atoms with van der Waals surface area (Å²) in [6, 6.07) is 9.71. The third-order valence-electron chi connectivity index (χ3n) is 5.13. The van der Waals surface area contributed by atoms with Crippen molar-refractivity contribution in [3.05, 3.63) is 51.4 Å². The maximum Gasteiger partial charge on any atom is 0.414 e. The van der Waals surface area contributed by atoms with Crippen LogP contribution >= 0.6 is 35.3 Å². The Labute approximate surface area is 173 Å². The fraction of sp³-hybridized carbons (Fsp3) is 0.421. The van der Waals surface area contributed by atoms with Crippen LogP contribution in [-0.2, 0) is 11.3 Å². The van der Waals surface area contributed by atoms with Gasteiger partial charge >= 0.3 is 6.09 Å². The normalized spacial score (nSPS) is 23.6. The van der Waals surface area contributed by atoms with Gasteiger partial charge in [-0.3, -0.25) is 9.80 Å². The maximum atomic E-state index is 13.7. The van der Waals surface area contributed by atoms with Gasteiger partial charge in [0.15, 0.2) is 0 Å². The summed E-state index contributed by atoms with van der Waals surface area (Å²) in [7, 11) is 0. The number of anilines is 1. The zero-order chi connectivity index (χ0) is 18.1. The van der Waals surface area contributed by atoms with Gasteiger partial charge in [-0.25, -0.2) is 9.18 Å². The summed E-state index contributed by atoms with van der Waals surface area (Å²) in [5.41, 5.74) is 0.487. The van der Waals surface area contributed by atoms with Gasteiger partial charge in [-0.1, -0.05) is 17.7 Å². The molecule has 1 aromatic heterocycles. The van der Waals surface area contributed by atoms with Crippen molar-refractivity contribution in [1.29, 1.82) is 0 Å². The number of ether oxygens (including phenoxy) is 1. The Morgan fingerprint density at radius 2 is 2.07 bits per heavy atom. The molecular formula is C19H21Cl2FN2O2S. The fourth-order valence-corrected chi connectivity index (χ4v) is 4.81. The number of hydrogen-bond donors (Lipinski definition) is 0. The van der Waals surface area contributed by atoms with E-state index in [0.29, 0.717) is 22.5 Å². The second kappa shape index (κ2) is 8.78. The molecule has 146 valence electrons. The highest BCUT2D eigenvalue weighted by atomic mass is 35.5. The lowest BCUT2D eigenvalue weighted by atomic mass is 9.86. The first-order valence-electron chi connectivity index (χ1n) is 8.79. The minimum atomic E-state index is -0.432. The van der Waals surface area contributed by atoms with Crippen LogP contribution in [0.25, 0.3) is 0 Å². The molecule has 2 aromatic rings. The lowest BCUT2D eigenvalue weighted by molar-refractivity contribution is -0.0311. The highest BCUT2D eigenvalue weighted by Crippen LogP contribution is 2.31. The number of rotatable bonds is 4. The molecule has 1 amide bonds. The van der Waals surface area contributed by atoms with Crippen molar-refractivity contribution < 1.29 is 13.9 Å². The third kappa shape index (κ3) is 4.74. The van der Waals surface area contributed by atoms with E-state index in [-0.39, 0.29) is 24.3 Å². The maximum absolute atomic E-state index is 13.7. The molecule has 3 saturated heterocycles. The topological polar surface area (TPSA) is 32.8 Å². The molecule has 3 fully saturated rings. The molecule has 4 heterocycles. The highest BCUT2D eigenvalue weighted by Gasteiger charge is 2.37. The number of carbonyl (C=O) groups is 1. The molecule has 2 bridgehead atoms. The van der Waals surface area contributed by atoms with E-state index in [9.17, 15) is 9.18 Å². The number of carbonyl (C=O) groups excluding carboxylic acids is 1. The monoisotopic (exact) mass is 430 g/mol. The molecule has 3 aliphatic rings. The van der Waals surface area contributed by atoms with Crippen molar-refractivity contribution in [3.8, 4) is 0 Å². The number of amides is 1. The van der Waals surface area contributed by atoms with Gasteiger partial charge < -0.3 is 4.74 Å². The third-order valence-corrected chi connectivity index (χ3v) is 6.35. The van der Waals surface area contributed by atoms with Crippen LogP contribution in [0.3, 0.4) is 0 Å². The molecule has 0 saturated carbocycles. The Balaban J connectivity index is 0.00000210. The van der Waals surface area contributed by atoms with E-state index in [1.54, 1.807) is 18.2 Å². The average Bonchev–Trinajstić information content (AvgIpc) is 3.05. The predicted molar refractivity (Wildman–Crippen MR) is 109 cm³/mol. The Morgan fingerprint density at radius 1 is 1.30 bits per heavy atom. The molecule has 1 aromatic carbocycles. The van der Waals surface area contributed by atoms with Gasteiger partial charge in [0, 0.05) is 11.4 Å². The van der Waals surface area contributed by atoms with Crippen molar-refractivity contribution in [2.24, 2.45) is 5.92 Å². The summed E-state index contributed by atoms with van der Waals surface area (Å²) < 4.78 is 20.2. The molecule has 1 atom stereocenters. The van der Waals surface area contributed by atoms with Crippen LogP contribution in [0.15, 0.2) is 36.4 Å². The van der Waals surface area contributed by atoms with Gasteiger partial charge in [-0.15, -0.1) is 23.7 Å². The Bertz CT molecular complexity index is 796. The highest BCUT2D eigenvalue weighted by molar-refractivity contribution is 7.16. The van der Waals surface area contributed by atoms with Gasteiger partial charge in [-0.05, 0) is 62.2 Å². The minimum Gasteiger partial charge on any atom is -0.444 e. The van der Waals surface area contributed by atoms with Crippen molar-refractivity contribution in [2.45, 2.75) is 25.5 Å². The standard InChI is InChI=1S/C19H20ClFN2O2S.ClH/c20-18-5-4-16(26-18)11-23(15-3-1-2-14(21)10-15)19(24)25-17-12-22-8-6-13(17)7-9-22;/h1-5,10,13,17H,6-9,11-12H2;1H/t17-;/m0./s1. The number of nitrogens with zero attached hydrogens (tertiary/aromatic N) is 2. The molecule has 0 aliphatic carbocycles. The molecule has 0 radical (unpaired) electrons. The van der Waals surface area contributed by atoms with Crippen LogP contribution in [0.5, 0.6) is 0 Å². The Morgan fingerprint density at radius 3 is 2.67 bits per heavy atom. The minimum absolute atomic E-state index is 0. The van der Waals surface area contributed by atoms with Crippen LogP contribution in [0.1, 0.15) is 17.7 Å². The molecule has 4 nitrogen and oxygen atoms in total. The molecule has 3 aliphatic heterocycles. The van der Waals surface area contributed by atoms with Gasteiger partial charge in [0.2, 0.25) is 0 Å². The number of hydrogen-bond acceptors (Lipinski definition) is 4. The molecule has 8 heteroatoms. The molecule has 27 heavy (non-hydrogen) atoms. The van der Waals surface area contributed by atoms with Crippen LogP contribution < -0.4 is 4.90 Å². The second-order valence-electron chi connectivity index (χ2n) is 6.83. The summed E-state index contributed by atoms with van der Waals surface area (Å²) >= 11 is 7.42. The van der Waals surface area contributed by atoms with Gasteiger partial charge in [-0.2, -0.15) is 0 Å². The van der Waals surface area contributed by atoms with E-state index in [4.69, 9.17) is 16.3 Å². The van der Waals surface area contributed by atoms with E-state index in [2.05, 4.69) is 4.90 Å². The predicted octanol–water partition coefficient (Wildman–Crippen LogP) is 5.20. The van der Waals surface area contributed by atoms with Crippen LogP contribution in [0.4, 0.5) is 14.9 Å².